The molecule has 1 aromatic heterocycles. The van der Waals surface area contributed by atoms with Gasteiger partial charge in [0, 0.05) is 25.8 Å². The summed E-state index contributed by atoms with van der Waals surface area (Å²) in [5, 5.41) is 0. The zero-order valence-electron chi connectivity index (χ0n) is 12.4. The number of nitrogens with two attached hydrogens (primary N) is 1. The van der Waals surface area contributed by atoms with Gasteiger partial charge in [-0.15, -0.1) is 0 Å². The van der Waals surface area contributed by atoms with E-state index in [1.54, 1.807) is 7.11 Å². The van der Waals surface area contributed by atoms with Gasteiger partial charge in [0.1, 0.15) is 5.75 Å². The van der Waals surface area contributed by atoms with Gasteiger partial charge >= 0.3 is 0 Å². The Kier molecular flexibility index (Phi) is 3.17. The lowest BCUT2D eigenvalue weighted by Gasteiger charge is -2.15. The van der Waals surface area contributed by atoms with Gasteiger partial charge < -0.3 is 15.4 Å². The molecule has 2 aromatic carbocycles. The van der Waals surface area contributed by atoms with Crippen molar-refractivity contribution in [3.63, 3.8) is 0 Å². The molecule has 0 amide bonds. The van der Waals surface area contributed by atoms with E-state index in [1.165, 1.54) is 0 Å². The van der Waals surface area contributed by atoms with E-state index in [2.05, 4.69) is 22.0 Å². The number of anilines is 2. The number of imidazole rings is 1. The van der Waals surface area contributed by atoms with Gasteiger partial charge in [-0.2, -0.15) is 0 Å². The summed E-state index contributed by atoms with van der Waals surface area (Å²) in [7, 11) is 5.67. The molecule has 0 saturated carbocycles. The largest absolute Gasteiger partial charge is 0.497 e. The van der Waals surface area contributed by atoms with E-state index in [0.29, 0.717) is 5.95 Å². The van der Waals surface area contributed by atoms with E-state index in [0.717, 1.165) is 28.2 Å². The number of nitrogens with zero attached hydrogens (tertiary/aromatic N) is 3. The first-order valence-corrected chi connectivity index (χ1v) is 6.70. The molecule has 3 aromatic rings. The number of nitrogen functional groups attached to an aromatic ring is 1. The van der Waals surface area contributed by atoms with E-state index >= 15 is 0 Å². The van der Waals surface area contributed by atoms with Crippen molar-refractivity contribution >= 4 is 22.7 Å². The van der Waals surface area contributed by atoms with Crippen LogP contribution in [0, 0.1) is 0 Å². The second-order valence-electron chi connectivity index (χ2n) is 5.07. The molecule has 2 N–H and O–H groups in total. The molecule has 0 bridgehead atoms. The van der Waals surface area contributed by atoms with Crippen molar-refractivity contribution in [2.45, 2.75) is 0 Å². The van der Waals surface area contributed by atoms with Crippen LogP contribution in [-0.2, 0) is 0 Å². The fraction of sp³-hybridized carbons (Fsp3) is 0.188. The van der Waals surface area contributed by atoms with Crippen molar-refractivity contribution < 1.29 is 4.74 Å². The highest BCUT2D eigenvalue weighted by molar-refractivity contribution is 5.82. The quantitative estimate of drug-likeness (QED) is 0.802. The molecule has 1 heterocycles. The average Bonchev–Trinajstić information content (AvgIpc) is 2.82. The molecule has 0 radical (unpaired) electrons. The zero-order valence-corrected chi connectivity index (χ0v) is 12.4. The van der Waals surface area contributed by atoms with Crippen molar-refractivity contribution in [1.82, 2.24) is 9.55 Å². The number of hydrogen-bond donors (Lipinski definition) is 1. The number of fused-ring (bicyclic) bond motifs is 1. The number of hydrogen-bond acceptors (Lipinski definition) is 4. The van der Waals surface area contributed by atoms with Gasteiger partial charge in [-0.05, 0) is 30.3 Å². The molecule has 108 valence electrons. The molecule has 0 aliphatic carbocycles. The van der Waals surface area contributed by atoms with Crippen LogP contribution in [0.5, 0.6) is 5.75 Å². The van der Waals surface area contributed by atoms with Gasteiger partial charge in [0.05, 0.1) is 23.8 Å². The second-order valence-corrected chi connectivity index (χ2v) is 5.07. The summed E-state index contributed by atoms with van der Waals surface area (Å²) >= 11 is 0. The average molecular weight is 282 g/mol. The maximum atomic E-state index is 6.10. The van der Waals surface area contributed by atoms with Crippen LogP contribution in [0.3, 0.4) is 0 Å². The van der Waals surface area contributed by atoms with Crippen molar-refractivity contribution in [3.8, 4) is 11.4 Å². The van der Waals surface area contributed by atoms with Crippen molar-refractivity contribution in [2.75, 3.05) is 31.8 Å². The fourth-order valence-electron chi connectivity index (χ4n) is 2.38. The van der Waals surface area contributed by atoms with E-state index in [-0.39, 0.29) is 0 Å². The number of methoxy groups -OCH3 is 1. The topological polar surface area (TPSA) is 56.3 Å². The molecule has 0 saturated heterocycles. The minimum Gasteiger partial charge on any atom is -0.497 e. The maximum absolute atomic E-state index is 6.10. The van der Waals surface area contributed by atoms with Crippen LogP contribution in [-0.4, -0.2) is 30.8 Å². The molecule has 21 heavy (non-hydrogen) atoms. The van der Waals surface area contributed by atoms with Gasteiger partial charge in [-0.25, -0.2) is 4.98 Å². The molecule has 5 nitrogen and oxygen atoms in total. The lowest BCUT2D eigenvalue weighted by Crippen LogP contribution is -2.09. The third kappa shape index (κ3) is 2.27. The molecule has 0 spiro atoms. The van der Waals surface area contributed by atoms with Gasteiger partial charge in [-0.1, -0.05) is 6.07 Å². The Morgan fingerprint density at radius 2 is 1.95 bits per heavy atom. The Labute approximate surface area is 123 Å². The molecular weight excluding hydrogens is 264 g/mol. The molecular formula is C16H18N4O. The maximum Gasteiger partial charge on any atom is 0.205 e. The monoisotopic (exact) mass is 282 g/mol. The molecule has 0 atom stereocenters. The Balaban J connectivity index is 2.23. The summed E-state index contributed by atoms with van der Waals surface area (Å²) < 4.78 is 7.23. The minimum absolute atomic E-state index is 0.467. The molecule has 0 unspecified atom stereocenters. The Hall–Kier alpha value is -2.69. The summed E-state index contributed by atoms with van der Waals surface area (Å²) in [5.41, 5.74) is 9.97. The third-order valence-electron chi connectivity index (χ3n) is 3.49. The SMILES string of the molecule is COc1ccc2nc(N)n(-c3cccc(N(C)C)c3)c2c1. The van der Waals surface area contributed by atoms with Crippen LogP contribution < -0.4 is 15.4 Å². The molecule has 0 aliphatic heterocycles. The van der Waals surface area contributed by atoms with Crippen LogP contribution in [0.4, 0.5) is 11.6 Å². The van der Waals surface area contributed by atoms with Crippen LogP contribution >= 0.6 is 0 Å². The van der Waals surface area contributed by atoms with Crippen LogP contribution in [0.1, 0.15) is 0 Å². The molecule has 0 fully saturated rings. The number of benzene rings is 2. The van der Waals surface area contributed by atoms with Gasteiger partial charge in [-0.3, -0.25) is 4.57 Å². The smallest absolute Gasteiger partial charge is 0.205 e. The van der Waals surface area contributed by atoms with Gasteiger partial charge in [0.25, 0.3) is 0 Å². The first-order valence-electron chi connectivity index (χ1n) is 6.70. The summed E-state index contributed by atoms with van der Waals surface area (Å²) in [5.74, 6) is 1.25. The predicted molar refractivity (Wildman–Crippen MR) is 86.4 cm³/mol. The summed E-state index contributed by atoms with van der Waals surface area (Å²) in [6.07, 6.45) is 0. The lowest BCUT2D eigenvalue weighted by molar-refractivity contribution is 0.415. The first kappa shape index (κ1) is 13.3. The van der Waals surface area contributed by atoms with E-state index in [4.69, 9.17) is 10.5 Å². The highest BCUT2D eigenvalue weighted by Gasteiger charge is 2.11. The number of aromatic nitrogens is 2. The molecule has 3 rings (SSSR count). The normalized spacial score (nSPS) is 10.8. The van der Waals surface area contributed by atoms with Crippen molar-refractivity contribution in [2.24, 2.45) is 0 Å². The molecule has 0 aliphatic rings. The standard InChI is InChI=1S/C16H18N4O/c1-19(2)11-5-4-6-12(9-11)20-15-10-13(21-3)7-8-14(15)18-16(20)17/h4-10H,1-3H3,(H2,17,18). The summed E-state index contributed by atoms with van der Waals surface area (Å²) in [6.45, 7) is 0. The van der Waals surface area contributed by atoms with Gasteiger partial charge in [0.2, 0.25) is 5.95 Å². The predicted octanol–water partition coefficient (Wildman–Crippen LogP) is 2.68. The third-order valence-corrected chi connectivity index (χ3v) is 3.49. The highest BCUT2D eigenvalue weighted by Crippen LogP contribution is 2.28. The van der Waals surface area contributed by atoms with Crippen molar-refractivity contribution in [1.29, 1.82) is 0 Å². The van der Waals surface area contributed by atoms with Crippen LogP contribution in [0.15, 0.2) is 42.5 Å². The number of ether oxygens (including phenoxy) is 1. The Morgan fingerprint density at radius 1 is 1.14 bits per heavy atom. The summed E-state index contributed by atoms with van der Waals surface area (Å²) in [6, 6.07) is 13.9. The van der Waals surface area contributed by atoms with E-state index in [9.17, 15) is 0 Å². The fourth-order valence-corrected chi connectivity index (χ4v) is 2.38. The molecule has 5 heteroatoms. The first-order chi connectivity index (χ1) is 10.1. The Morgan fingerprint density at radius 3 is 2.67 bits per heavy atom. The summed E-state index contributed by atoms with van der Waals surface area (Å²) in [4.78, 5) is 6.47. The minimum atomic E-state index is 0.467. The van der Waals surface area contributed by atoms with Crippen molar-refractivity contribution in [3.05, 3.63) is 42.5 Å². The van der Waals surface area contributed by atoms with E-state index in [1.807, 2.05) is 49.0 Å². The number of rotatable bonds is 3. The van der Waals surface area contributed by atoms with E-state index < -0.39 is 0 Å². The zero-order chi connectivity index (χ0) is 15.0. The van der Waals surface area contributed by atoms with Crippen LogP contribution in [0.25, 0.3) is 16.7 Å². The van der Waals surface area contributed by atoms with Crippen LogP contribution in [0.2, 0.25) is 0 Å². The van der Waals surface area contributed by atoms with Gasteiger partial charge in [0.15, 0.2) is 0 Å². The Bertz CT molecular complexity index is 792. The second kappa shape index (κ2) is 5.01. The highest BCUT2D eigenvalue weighted by atomic mass is 16.5. The lowest BCUT2D eigenvalue weighted by atomic mass is 10.2.